The van der Waals surface area contributed by atoms with Crippen molar-refractivity contribution in [2.75, 3.05) is 19.8 Å². The lowest BCUT2D eigenvalue weighted by molar-refractivity contribution is 0.0416. The SMILES string of the molecule is C1=COC(N2CCNC2)C=C1. The minimum absolute atomic E-state index is 0.148. The van der Waals surface area contributed by atoms with Crippen LogP contribution >= 0.6 is 0 Å². The molecule has 0 aromatic carbocycles. The van der Waals surface area contributed by atoms with E-state index >= 15 is 0 Å². The molecule has 2 rings (SSSR count). The molecule has 0 amide bonds. The van der Waals surface area contributed by atoms with E-state index in [4.69, 9.17) is 4.74 Å². The molecule has 3 nitrogen and oxygen atoms in total. The maximum atomic E-state index is 5.38. The van der Waals surface area contributed by atoms with Crippen LogP contribution in [-0.2, 0) is 4.74 Å². The van der Waals surface area contributed by atoms with Gasteiger partial charge in [-0.3, -0.25) is 4.90 Å². The lowest BCUT2D eigenvalue weighted by Crippen LogP contribution is -2.34. The van der Waals surface area contributed by atoms with Crippen molar-refractivity contribution in [3.8, 4) is 0 Å². The van der Waals surface area contributed by atoms with Crippen molar-refractivity contribution in [3.05, 3.63) is 24.5 Å². The zero-order valence-corrected chi connectivity index (χ0v) is 6.36. The summed E-state index contributed by atoms with van der Waals surface area (Å²) in [4.78, 5) is 2.25. The Kier molecular flexibility index (Phi) is 1.92. The van der Waals surface area contributed by atoms with Crippen LogP contribution in [0.1, 0.15) is 0 Å². The van der Waals surface area contributed by atoms with Gasteiger partial charge in [0.25, 0.3) is 0 Å². The van der Waals surface area contributed by atoms with Crippen molar-refractivity contribution in [1.82, 2.24) is 10.2 Å². The van der Waals surface area contributed by atoms with E-state index in [-0.39, 0.29) is 6.23 Å². The predicted molar refractivity (Wildman–Crippen MR) is 42.7 cm³/mol. The van der Waals surface area contributed by atoms with E-state index in [1.54, 1.807) is 6.26 Å². The summed E-state index contributed by atoms with van der Waals surface area (Å²) in [6, 6.07) is 0. The normalized spacial score (nSPS) is 30.7. The molecule has 0 bridgehead atoms. The molecule has 0 aromatic rings. The van der Waals surface area contributed by atoms with Gasteiger partial charge in [0.05, 0.1) is 12.9 Å². The Morgan fingerprint density at radius 1 is 1.45 bits per heavy atom. The van der Waals surface area contributed by atoms with E-state index in [2.05, 4.69) is 16.3 Å². The van der Waals surface area contributed by atoms with Gasteiger partial charge in [0.1, 0.15) is 0 Å². The third kappa shape index (κ3) is 1.44. The van der Waals surface area contributed by atoms with Gasteiger partial charge in [0.15, 0.2) is 6.23 Å². The second-order valence-electron chi connectivity index (χ2n) is 2.71. The first kappa shape index (κ1) is 6.88. The Bertz CT molecular complexity index is 183. The third-order valence-electron chi connectivity index (χ3n) is 1.93. The van der Waals surface area contributed by atoms with Crippen molar-refractivity contribution in [2.45, 2.75) is 6.23 Å². The van der Waals surface area contributed by atoms with E-state index in [1.165, 1.54) is 0 Å². The van der Waals surface area contributed by atoms with Crippen LogP contribution in [0.15, 0.2) is 24.5 Å². The molecule has 0 radical (unpaired) electrons. The number of nitrogens with zero attached hydrogens (tertiary/aromatic N) is 1. The van der Waals surface area contributed by atoms with E-state index in [0.29, 0.717) is 0 Å². The van der Waals surface area contributed by atoms with Crippen molar-refractivity contribution in [2.24, 2.45) is 0 Å². The van der Waals surface area contributed by atoms with E-state index in [0.717, 1.165) is 19.8 Å². The fourth-order valence-electron chi connectivity index (χ4n) is 1.33. The van der Waals surface area contributed by atoms with Gasteiger partial charge in [-0.25, -0.2) is 0 Å². The number of allylic oxidation sites excluding steroid dienone is 2. The lowest BCUT2D eigenvalue weighted by Gasteiger charge is -2.24. The summed E-state index contributed by atoms with van der Waals surface area (Å²) in [5, 5.41) is 3.26. The highest BCUT2D eigenvalue weighted by molar-refractivity contribution is 5.07. The quantitative estimate of drug-likeness (QED) is 0.584. The molecule has 0 spiro atoms. The van der Waals surface area contributed by atoms with Crippen molar-refractivity contribution in [3.63, 3.8) is 0 Å². The first-order valence-corrected chi connectivity index (χ1v) is 3.90. The molecule has 2 aliphatic heterocycles. The first-order chi connectivity index (χ1) is 5.47. The Morgan fingerprint density at radius 3 is 3.09 bits per heavy atom. The highest BCUT2D eigenvalue weighted by Crippen LogP contribution is 2.08. The second-order valence-corrected chi connectivity index (χ2v) is 2.71. The molecule has 1 N–H and O–H groups in total. The van der Waals surface area contributed by atoms with Gasteiger partial charge in [-0.1, -0.05) is 6.08 Å². The summed E-state index contributed by atoms with van der Waals surface area (Å²) in [6.45, 7) is 3.07. The highest BCUT2D eigenvalue weighted by Gasteiger charge is 2.19. The molecule has 0 aromatic heterocycles. The first-order valence-electron chi connectivity index (χ1n) is 3.90. The molecular formula is C8H12N2O. The van der Waals surface area contributed by atoms with Crippen LogP contribution in [0.25, 0.3) is 0 Å². The summed E-state index contributed by atoms with van der Waals surface area (Å²) in [5.74, 6) is 0. The molecule has 2 aliphatic rings. The standard InChI is InChI=1S/C8H12N2O/c1-2-6-11-8(3-1)10-5-4-9-7-10/h1-3,6,8-9H,4-5,7H2. The molecule has 1 saturated heterocycles. The van der Waals surface area contributed by atoms with Crippen LogP contribution in [0.5, 0.6) is 0 Å². The second kappa shape index (κ2) is 3.07. The van der Waals surface area contributed by atoms with Gasteiger partial charge in [-0.15, -0.1) is 0 Å². The maximum absolute atomic E-state index is 5.38. The summed E-state index contributed by atoms with van der Waals surface area (Å²) in [5.41, 5.74) is 0. The van der Waals surface area contributed by atoms with Gasteiger partial charge >= 0.3 is 0 Å². The minimum Gasteiger partial charge on any atom is -0.479 e. The maximum Gasteiger partial charge on any atom is 0.172 e. The van der Waals surface area contributed by atoms with E-state index in [1.807, 2.05) is 12.2 Å². The van der Waals surface area contributed by atoms with Gasteiger partial charge in [-0.2, -0.15) is 0 Å². The number of hydrogen-bond donors (Lipinski definition) is 1. The van der Waals surface area contributed by atoms with Crippen LogP contribution in [0.4, 0.5) is 0 Å². The fraction of sp³-hybridized carbons (Fsp3) is 0.500. The number of ether oxygens (including phenoxy) is 1. The van der Waals surface area contributed by atoms with Crippen LogP contribution in [0, 0.1) is 0 Å². The predicted octanol–water partition coefficient (Wildman–Crippen LogP) is 0.275. The van der Waals surface area contributed by atoms with Gasteiger partial charge in [0, 0.05) is 13.1 Å². The van der Waals surface area contributed by atoms with Gasteiger partial charge in [0.2, 0.25) is 0 Å². The highest BCUT2D eigenvalue weighted by atomic mass is 16.5. The molecule has 0 aliphatic carbocycles. The molecule has 60 valence electrons. The third-order valence-corrected chi connectivity index (χ3v) is 1.93. The van der Waals surface area contributed by atoms with Gasteiger partial charge < -0.3 is 10.1 Å². The Labute approximate surface area is 66.3 Å². The topological polar surface area (TPSA) is 24.5 Å². The molecule has 2 heterocycles. The van der Waals surface area contributed by atoms with Gasteiger partial charge in [-0.05, 0) is 12.2 Å². The molecule has 3 heteroatoms. The fourth-order valence-corrected chi connectivity index (χ4v) is 1.33. The van der Waals surface area contributed by atoms with Crippen molar-refractivity contribution in [1.29, 1.82) is 0 Å². The molecule has 0 saturated carbocycles. The molecule has 1 atom stereocenters. The average molecular weight is 152 g/mol. The van der Waals surface area contributed by atoms with E-state index in [9.17, 15) is 0 Å². The summed E-state index contributed by atoms with van der Waals surface area (Å²) in [7, 11) is 0. The molecular weight excluding hydrogens is 140 g/mol. The van der Waals surface area contributed by atoms with Crippen LogP contribution < -0.4 is 5.32 Å². The molecule has 11 heavy (non-hydrogen) atoms. The summed E-state index contributed by atoms with van der Waals surface area (Å²) >= 11 is 0. The largest absolute Gasteiger partial charge is 0.479 e. The molecule has 1 fully saturated rings. The van der Waals surface area contributed by atoms with Crippen LogP contribution in [-0.4, -0.2) is 30.9 Å². The Hall–Kier alpha value is -0.800. The lowest BCUT2D eigenvalue weighted by atomic mass is 10.3. The smallest absolute Gasteiger partial charge is 0.172 e. The summed E-state index contributed by atoms with van der Waals surface area (Å²) < 4.78 is 5.38. The number of rotatable bonds is 1. The zero-order chi connectivity index (χ0) is 7.52. The number of hydrogen-bond acceptors (Lipinski definition) is 3. The van der Waals surface area contributed by atoms with Crippen LogP contribution in [0.3, 0.4) is 0 Å². The number of nitrogens with one attached hydrogen (secondary N) is 1. The zero-order valence-electron chi connectivity index (χ0n) is 6.36. The minimum atomic E-state index is 0.148. The monoisotopic (exact) mass is 152 g/mol. The molecule has 1 unspecified atom stereocenters. The van der Waals surface area contributed by atoms with Crippen molar-refractivity contribution < 1.29 is 4.74 Å². The average Bonchev–Trinajstić information content (AvgIpc) is 2.58. The Balaban J connectivity index is 1.94. The van der Waals surface area contributed by atoms with Crippen LogP contribution in [0.2, 0.25) is 0 Å². The Morgan fingerprint density at radius 2 is 2.45 bits per heavy atom. The van der Waals surface area contributed by atoms with Crippen molar-refractivity contribution >= 4 is 0 Å². The summed E-state index contributed by atoms with van der Waals surface area (Å²) in [6.07, 6.45) is 7.87. The van der Waals surface area contributed by atoms with E-state index < -0.39 is 0 Å².